The smallest absolute Gasteiger partial charge is 0.303 e. The summed E-state index contributed by atoms with van der Waals surface area (Å²) >= 11 is 0. The van der Waals surface area contributed by atoms with Crippen LogP contribution in [-0.2, 0) is 16.0 Å². The van der Waals surface area contributed by atoms with Crippen molar-refractivity contribution in [1.29, 1.82) is 0 Å². The van der Waals surface area contributed by atoms with Gasteiger partial charge < -0.3 is 9.64 Å². The number of carbonyl (C=O) groups is 2. The van der Waals surface area contributed by atoms with Crippen LogP contribution in [-0.4, -0.2) is 29.5 Å². The highest BCUT2D eigenvalue weighted by Crippen LogP contribution is 2.43. The van der Waals surface area contributed by atoms with Gasteiger partial charge in [0.05, 0.1) is 11.2 Å². The van der Waals surface area contributed by atoms with E-state index in [9.17, 15) is 9.59 Å². The number of fused-ring (bicyclic) bond motifs is 3. The Kier molecular flexibility index (Phi) is 3.01. The summed E-state index contributed by atoms with van der Waals surface area (Å²) in [4.78, 5) is 26.0. The molecule has 0 amide bonds. The predicted molar refractivity (Wildman–Crippen MR) is 88.0 cm³/mol. The first-order valence-electron chi connectivity index (χ1n) is 8.08. The quantitative estimate of drug-likeness (QED) is 0.632. The van der Waals surface area contributed by atoms with Gasteiger partial charge in [-0.05, 0) is 43.0 Å². The van der Waals surface area contributed by atoms with Gasteiger partial charge in [0, 0.05) is 38.0 Å². The van der Waals surface area contributed by atoms with Gasteiger partial charge in [0.1, 0.15) is 6.10 Å². The van der Waals surface area contributed by atoms with Gasteiger partial charge in [-0.2, -0.15) is 0 Å². The highest BCUT2D eigenvalue weighted by molar-refractivity contribution is 5.98. The summed E-state index contributed by atoms with van der Waals surface area (Å²) in [6.07, 6.45) is 1.27. The molecule has 0 radical (unpaired) electrons. The molecule has 0 spiro atoms. The van der Waals surface area contributed by atoms with Gasteiger partial charge in [-0.1, -0.05) is 0 Å². The minimum atomic E-state index is -0.316. The second-order valence-electron chi connectivity index (χ2n) is 6.50. The molecule has 1 unspecified atom stereocenters. The van der Waals surface area contributed by atoms with Crippen LogP contribution in [0.2, 0.25) is 0 Å². The molecule has 1 aliphatic carbocycles. The van der Waals surface area contributed by atoms with E-state index in [2.05, 4.69) is 24.0 Å². The van der Waals surface area contributed by atoms with E-state index in [1.54, 1.807) is 11.5 Å². The van der Waals surface area contributed by atoms with Crippen LogP contribution in [0.15, 0.2) is 12.1 Å². The lowest BCUT2D eigenvalue weighted by Crippen LogP contribution is -2.15. The number of aryl methyl sites for hydroxylation is 2. The van der Waals surface area contributed by atoms with Crippen molar-refractivity contribution in [3.05, 3.63) is 29.0 Å². The fourth-order valence-electron chi connectivity index (χ4n) is 3.81. The first-order chi connectivity index (χ1) is 11.0. The standard InChI is InChI=1S/C18H20N2O3/c1-10-8-16-14(9-15(10)19-6-7-19)13-4-5-17(23-12(3)22)18(13)20(16)11(2)21/h8-9,17H,4-7H2,1-3H3. The molecule has 0 saturated carbocycles. The molecule has 1 aromatic carbocycles. The SMILES string of the molecule is CC(=O)OC1CCc2c1n(C(C)=O)c1cc(C)c(N3CC3)cc21. The number of nitrogens with zero attached hydrogens (tertiary/aromatic N) is 2. The van der Waals surface area contributed by atoms with E-state index in [4.69, 9.17) is 4.74 Å². The lowest BCUT2D eigenvalue weighted by molar-refractivity contribution is -0.146. The van der Waals surface area contributed by atoms with Crippen LogP contribution < -0.4 is 4.90 Å². The first-order valence-corrected chi connectivity index (χ1v) is 8.08. The Bertz CT molecular complexity index is 846. The molecule has 5 heteroatoms. The number of rotatable bonds is 2. The molecule has 2 heterocycles. The summed E-state index contributed by atoms with van der Waals surface area (Å²) in [5.74, 6) is -0.335. The second-order valence-corrected chi connectivity index (χ2v) is 6.50. The van der Waals surface area contributed by atoms with Crippen LogP contribution in [0.3, 0.4) is 0 Å². The molecule has 2 aliphatic rings. The minimum Gasteiger partial charge on any atom is -0.456 e. The molecule has 4 rings (SSSR count). The molecule has 0 N–H and O–H groups in total. The Hall–Kier alpha value is -2.30. The number of aromatic nitrogens is 1. The molecule has 120 valence electrons. The van der Waals surface area contributed by atoms with Crippen LogP contribution in [0.4, 0.5) is 5.69 Å². The summed E-state index contributed by atoms with van der Waals surface area (Å²) in [6.45, 7) is 7.26. The van der Waals surface area contributed by atoms with E-state index >= 15 is 0 Å². The fourth-order valence-corrected chi connectivity index (χ4v) is 3.81. The zero-order chi connectivity index (χ0) is 16.3. The van der Waals surface area contributed by atoms with Crippen LogP contribution >= 0.6 is 0 Å². The highest BCUT2D eigenvalue weighted by Gasteiger charge is 2.34. The van der Waals surface area contributed by atoms with Crippen molar-refractivity contribution in [2.75, 3.05) is 18.0 Å². The molecule has 1 saturated heterocycles. The molecule has 1 aliphatic heterocycles. The molecular formula is C18H20N2O3. The predicted octanol–water partition coefficient (Wildman–Crippen LogP) is 2.98. The van der Waals surface area contributed by atoms with Gasteiger partial charge in [-0.25, -0.2) is 0 Å². The number of hydrogen-bond donors (Lipinski definition) is 0. The normalized spacial score (nSPS) is 19.1. The van der Waals surface area contributed by atoms with Gasteiger partial charge in [0.2, 0.25) is 5.91 Å². The lowest BCUT2D eigenvalue weighted by atomic mass is 10.1. The topological polar surface area (TPSA) is 51.3 Å². The number of carbonyl (C=O) groups excluding carboxylic acids is 2. The van der Waals surface area contributed by atoms with Gasteiger partial charge in [-0.3, -0.25) is 14.2 Å². The average Bonchev–Trinajstić information content (AvgIpc) is 3.16. The Labute approximate surface area is 134 Å². The maximum atomic E-state index is 12.3. The number of ether oxygens (including phenoxy) is 1. The highest BCUT2D eigenvalue weighted by atomic mass is 16.5. The molecule has 23 heavy (non-hydrogen) atoms. The van der Waals surface area contributed by atoms with E-state index in [1.807, 2.05) is 0 Å². The van der Waals surface area contributed by atoms with Crippen LogP contribution in [0.5, 0.6) is 0 Å². The van der Waals surface area contributed by atoms with E-state index in [-0.39, 0.29) is 18.0 Å². The molecule has 0 bridgehead atoms. The Morgan fingerprint density at radius 3 is 2.57 bits per heavy atom. The largest absolute Gasteiger partial charge is 0.456 e. The number of anilines is 1. The van der Waals surface area contributed by atoms with Crippen LogP contribution in [0.25, 0.3) is 10.9 Å². The van der Waals surface area contributed by atoms with Crippen molar-refractivity contribution in [3.63, 3.8) is 0 Å². The second kappa shape index (κ2) is 4.85. The fraction of sp³-hybridized carbons (Fsp3) is 0.444. The third-order valence-electron chi connectivity index (χ3n) is 4.80. The van der Waals surface area contributed by atoms with E-state index in [0.717, 1.165) is 48.1 Å². The summed E-state index contributed by atoms with van der Waals surface area (Å²) in [5.41, 5.74) is 5.38. The van der Waals surface area contributed by atoms with E-state index in [0.29, 0.717) is 0 Å². The van der Waals surface area contributed by atoms with Crippen molar-refractivity contribution in [3.8, 4) is 0 Å². The van der Waals surface area contributed by atoms with Crippen molar-refractivity contribution in [2.24, 2.45) is 0 Å². The molecular weight excluding hydrogens is 292 g/mol. The maximum Gasteiger partial charge on any atom is 0.303 e. The summed E-state index contributed by atoms with van der Waals surface area (Å²) in [5, 5.41) is 1.12. The maximum absolute atomic E-state index is 12.3. The van der Waals surface area contributed by atoms with Crippen LogP contribution in [0, 0.1) is 6.92 Å². The minimum absolute atomic E-state index is 0.0332. The van der Waals surface area contributed by atoms with Crippen molar-refractivity contribution in [2.45, 2.75) is 39.7 Å². The summed E-state index contributed by atoms with van der Waals surface area (Å²) in [6, 6.07) is 4.29. The van der Waals surface area contributed by atoms with Crippen LogP contribution in [0.1, 0.15) is 48.0 Å². The average molecular weight is 312 g/mol. The van der Waals surface area contributed by atoms with E-state index in [1.165, 1.54) is 18.2 Å². The third-order valence-corrected chi connectivity index (χ3v) is 4.80. The van der Waals surface area contributed by atoms with E-state index < -0.39 is 0 Å². The monoisotopic (exact) mass is 312 g/mol. The molecule has 2 aromatic rings. The molecule has 5 nitrogen and oxygen atoms in total. The van der Waals surface area contributed by atoms with Crippen molar-refractivity contribution < 1.29 is 14.3 Å². The molecule has 1 fully saturated rings. The summed E-state index contributed by atoms with van der Waals surface area (Å²) in [7, 11) is 0. The Morgan fingerprint density at radius 1 is 1.22 bits per heavy atom. The summed E-state index contributed by atoms with van der Waals surface area (Å²) < 4.78 is 7.20. The molecule has 1 atom stereocenters. The first kappa shape index (κ1) is 14.3. The zero-order valence-corrected chi connectivity index (χ0v) is 13.7. The Morgan fingerprint density at radius 2 is 1.96 bits per heavy atom. The van der Waals surface area contributed by atoms with Gasteiger partial charge in [0.25, 0.3) is 0 Å². The Balaban J connectivity index is 1.96. The number of esters is 1. The number of benzene rings is 1. The van der Waals surface area contributed by atoms with Gasteiger partial charge >= 0.3 is 5.97 Å². The van der Waals surface area contributed by atoms with Gasteiger partial charge in [-0.15, -0.1) is 0 Å². The third kappa shape index (κ3) is 2.14. The number of hydrogen-bond acceptors (Lipinski definition) is 4. The van der Waals surface area contributed by atoms with Crippen molar-refractivity contribution >= 4 is 28.5 Å². The van der Waals surface area contributed by atoms with Gasteiger partial charge in [0.15, 0.2) is 0 Å². The molecule has 1 aromatic heterocycles. The van der Waals surface area contributed by atoms with Crippen molar-refractivity contribution in [1.82, 2.24) is 4.57 Å². The zero-order valence-electron chi connectivity index (χ0n) is 13.7. The lowest BCUT2D eigenvalue weighted by Gasteiger charge is -2.15.